The first-order chi connectivity index (χ1) is 6.61. The van der Waals surface area contributed by atoms with Crippen molar-refractivity contribution in [3.8, 4) is 0 Å². The molecule has 0 saturated carbocycles. The topological polar surface area (TPSA) is 81.1 Å². The molecule has 0 radical (unpaired) electrons. The van der Waals surface area contributed by atoms with Crippen molar-refractivity contribution < 1.29 is 4.79 Å². The van der Waals surface area contributed by atoms with Gasteiger partial charge in [0.15, 0.2) is 0 Å². The maximum absolute atomic E-state index is 10.5. The van der Waals surface area contributed by atoms with E-state index in [4.69, 9.17) is 23.7 Å². The Morgan fingerprint density at radius 3 is 2.57 bits per heavy atom. The van der Waals surface area contributed by atoms with Gasteiger partial charge in [-0.05, 0) is 12.1 Å². The predicted octanol–water partition coefficient (Wildman–Crippen LogP) is 0.218. The van der Waals surface area contributed by atoms with E-state index in [1.165, 1.54) is 0 Å². The third kappa shape index (κ3) is 2.70. The smallest absolute Gasteiger partial charge is 0.236 e. The lowest BCUT2D eigenvalue weighted by molar-refractivity contribution is -0.116. The molecule has 0 aliphatic rings. The second-order valence-corrected chi connectivity index (χ2v) is 3.17. The summed E-state index contributed by atoms with van der Waals surface area (Å²) in [5.41, 5.74) is 11.9. The van der Waals surface area contributed by atoms with Gasteiger partial charge in [0, 0.05) is 11.3 Å². The van der Waals surface area contributed by atoms with E-state index >= 15 is 0 Å². The minimum absolute atomic E-state index is 0.0691. The Kier molecular flexibility index (Phi) is 3.41. The minimum Gasteiger partial charge on any atom is -0.389 e. The first-order valence-corrected chi connectivity index (χ1v) is 4.43. The average molecular weight is 209 g/mol. The summed E-state index contributed by atoms with van der Waals surface area (Å²) < 4.78 is 0. The molecule has 0 aromatic heterocycles. The number of carbonyl (C=O) groups is 1. The van der Waals surface area contributed by atoms with Crippen molar-refractivity contribution in [1.29, 1.82) is 0 Å². The van der Waals surface area contributed by atoms with Gasteiger partial charge in [0.2, 0.25) is 5.91 Å². The van der Waals surface area contributed by atoms with Crippen molar-refractivity contribution in [3.63, 3.8) is 0 Å². The van der Waals surface area contributed by atoms with Crippen molar-refractivity contribution in [2.75, 3.05) is 11.9 Å². The number of para-hydroxylation sites is 1. The van der Waals surface area contributed by atoms with Crippen LogP contribution in [0.5, 0.6) is 0 Å². The molecule has 1 aromatic carbocycles. The fourth-order valence-electron chi connectivity index (χ4n) is 1.03. The van der Waals surface area contributed by atoms with Crippen LogP contribution in [0.25, 0.3) is 0 Å². The zero-order valence-electron chi connectivity index (χ0n) is 7.49. The molecule has 1 rings (SSSR count). The third-order valence-corrected chi connectivity index (χ3v) is 1.87. The molecule has 4 nitrogen and oxygen atoms in total. The zero-order valence-corrected chi connectivity index (χ0v) is 8.30. The van der Waals surface area contributed by atoms with Crippen molar-refractivity contribution in [3.05, 3.63) is 29.8 Å². The molecule has 1 amide bonds. The van der Waals surface area contributed by atoms with E-state index < -0.39 is 5.91 Å². The minimum atomic E-state index is -0.428. The summed E-state index contributed by atoms with van der Waals surface area (Å²) in [6, 6.07) is 7.22. The molecule has 0 saturated heterocycles. The summed E-state index contributed by atoms with van der Waals surface area (Å²) in [7, 11) is 0. The molecule has 0 spiro atoms. The number of amides is 1. The predicted molar refractivity (Wildman–Crippen MR) is 60.0 cm³/mol. The number of anilines is 1. The Hall–Kier alpha value is -1.62. The quantitative estimate of drug-likeness (QED) is 0.619. The van der Waals surface area contributed by atoms with E-state index in [-0.39, 0.29) is 11.5 Å². The largest absolute Gasteiger partial charge is 0.389 e. The van der Waals surface area contributed by atoms with Crippen LogP contribution in [0.1, 0.15) is 5.56 Å². The second kappa shape index (κ2) is 4.57. The standard InChI is InChI=1S/C9H11N3OS/c10-8(13)5-12-7-4-2-1-3-6(7)9(11)14/h1-4,12H,5H2,(H2,10,13)(H2,11,14). The number of hydrogen-bond donors (Lipinski definition) is 3. The van der Waals surface area contributed by atoms with Crippen molar-refractivity contribution in [2.24, 2.45) is 11.5 Å². The van der Waals surface area contributed by atoms with Gasteiger partial charge in [0.25, 0.3) is 0 Å². The van der Waals surface area contributed by atoms with Crippen molar-refractivity contribution in [1.82, 2.24) is 0 Å². The SMILES string of the molecule is NC(=O)CNc1ccccc1C(N)=S. The normalized spacial score (nSPS) is 9.43. The Morgan fingerprint density at radius 2 is 2.00 bits per heavy atom. The van der Waals surface area contributed by atoms with Crippen molar-refractivity contribution >= 4 is 28.8 Å². The Labute approximate surface area is 87.3 Å². The van der Waals surface area contributed by atoms with Gasteiger partial charge in [-0.3, -0.25) is 4.79 Å². The molecule has 0 unspecified atom stereocenters. The van der Waals surface area contributed by atoms with E-state index in [0.717, 1.165) is 5.69 Å². The van der Waals surface area contributed by atoms with Gasteiger partial charge >= 0.3 is 0 Å². The van der Waals surface area contributed by atoms with E-state index in [1.54, 1.807) is 12.1 Å². The number of nitrogens with one attached hydrogen (secondary N) is 1. The molecule has 5 N–H and O–H groups in total. The van der Waals surface area contributed by atoms with Gasteiger partial charge in [0.05, 0.1) is 6.54 Å². The van der Waals surface area contributed by atoms with Gasteiger partial charge in [-0.2, -0.15) is 0 Å². The highest BCUT2D eigenvalue weighted by molar-refractivity contribution is 7.80. The lowest BCUT2D eigenvalue weighted by Gasteiger charge is -2.08. The van der Waals surface area contributed by atoms with E-state index in [9.17, 15) is 4.79 Å². The van der Waals surface area contributed by atoms with Crippen LogP contribution in [0.4, 0.5) is 5.69 Å². The first-order valence-electron chi connectivity index (χ1n) is 4.02. The van der Waals surface area contributed by atoms with E-state index in [0.29, 0.717) is 5.56 Å². The van der Waals surface area contributed by atoms with Crippen LogP contribution in [0.15, 0.2) is 24.3 Å². The highest BCUT2D eigenvalue weighted by Gasteiger charge is 2.03. The molecule has 0 fully saturated rings. The number of thiocarbonyl (C=S) groups is 1. The number of carbonyl (C=O) groups excluding carboxylic acids is 1. The number of primary amides is 1. The molecule has 0 atom stereocenters. The van der Waals surface area contributed by atoms with Gasteiger partial charge in [0.1, 0.15) is 4.99 Å². The number of nitrogens with two attached hydrogens (primary N) is 2. The highest BCUT2D eigenvalue weighted by Crippen LogP contribution is 2.13. The fourth-order valence-corrected chi connectivity index (χ4v) is 1.21. The van der Waals surface area contributed by atoms with Gasteiger partial charge < -0.3 is 16.8 Å². The van der Waals surface area contributed by atoms with Crippen LogP contribution in [-0.4, -0.2) is 17.4 Å². The molecule has 0 heterocycles. The molecule has 1 aromatic rings. The molecule has 0 bridgehead atoms. The van der Waals surface area contributed by atoms with Crippen LogP contribution in [0.3, 0.4) is 0 Å². The van der Waals surface area contributed by atoms with Crippen molar-refractivity contribution in [2.45, 2.75) is 0 Å². The molecule has 5 heteroatoms. The summed E-state index contributed by atoms with van der Waals surface area (Å²) in [6.45, 7) is 0.0691. The van der Waals surface area contributed by atoms with Crippen LogP contribution < -0.4 is 16.8 Å². The Morgan fingerprint density at radius 1 is 1.36 bits per heavy atom. The second-order valence-electron chi connectivity index (χ2n) is 2.73. The lowest BCUT2D eigenvalue weighted by atomic mass is 10.2. The summed E-state index contributed by atoms with van der Waals surface area (Å²) in [6.07, 6.45) is 0. The van der Waals surface area contributed by atoms with Crippen LogP contribution in [0.2, 0.25) is 0 Å². The maximum atomic E-state index is 10.5. The van der Waals surface area contributed by atoms with Crippen LogP contribution in [0, 0.1) is 0 Å². The summed E-state index contributed by atoms with van der Waals surface area (Å²) in [4.78, 5) is 10.8. The summed E-state index contributed by atoms with van der Waals surface area (Å²) in [5.74, 6) is -0.428. The molecule has 74 valence electrons. The first kappa shape index (κ1) is 10.5. The summed E-state index contributed by atoms with van der Waals surface area (Å²) >= 11 is 4.85. The molecular formula is C9H11N3OS. The summed E-state index contributed by atoms with van der Waals surface area (Å²) in [5, 5.41) is 2.85. The molecule has 0 aliphatic carbocycles. The molecule has 0 aliphatic heterocycles. The lowest BCUT2D eigenvalue weighted by Crippen LogP contribution is -2.23. The molecule has 14 heavy (non-hydrogen) atoms. The highest BCUT2D eigenvalue weighted by atomic mass is 32.1. The van der Waals surface area contributed by atoms with E-state index in [1.807, 2.05) is 12.1 Å². The Bertz CT molecular complexity index is 365. The van der Waals surface area contributed by atoms with Crippen LogP contribution >= 0.6 is 12.2 Å². The molecular weight excluding hydrogens is 198 g/mol. The van der Waals surface area contributed by atoms with E-state index in [2.05, 4.69) is 5.32 Å². The fraction of sp³-hybridized carbons (Fsp3) is 0.111. The number of rotatable bonds is 4. The third-order valence-electron chi connectivity index (χ3n) is 1.65. The monoisotopic (exact) mass is 209 g/mol. The average Bonchev–Trinajstić information content (AvgIpc) is 2.15. The maximum Gasteiger partial charge on any atom is 0.236 e. The number of benzene rings is 1. The van der Waals surface area contributed by atoms with Gasteiger partial charge in [-0.25, -0.2) is 0 Å². The zero-order chi connectivity index (χ0) is 10.6. The number of hydrogen-bond acceptors (Lipinski definition) is 3. The van der Waals surface area contributed by atoms with Gasteiger partial charge in [-0.1, -0.05) is 24.4 Å². The van der Waals surface area contributed by atoms with Crippen LogP contribution in [-0.2, 0) is 4.79 Å². The Balaban J connectivity index is 2.84. The van der Waals surface area contributed by atoms with Gasteiger partial charge in [-0.15, -0.1) is 0 Å².